The van der Waals surface area contributed by atoms with Gasteiger partial charge in [-0.1, -0.05) is 127 Å². The largest absolute Gasteiger partial charge is 0.309 e. The summed E-state index contributed by atoms with van der Waals surface area (Å²) in [6, 6.07) is 60.1. The lowest BCUT2D eigenvalue weighted by atomic mass is 9.95. The topological polar surface area (TPSA) is 9.34 Å². The molecule has 0 fully saturated rings. The third kappa shape index (κ3) is 4.05. The van der Waals surface area contributed by atoms with Crippen LogP contribution >= 0.6 is 11.8 Å². The quantitative estimate of drug-likeness (QED) is 0.184. The first-order valence-corrected chi connectivity index (χ1v) is 18.0. The third-order valence-electron chi connectivity index (χ3n) is 10.5. The van der Waals surface area contributed by atoms with Gasteiger partial charge in [0, 0.05) is 42.6 Å². The van der Waals surface area contributed by atoms with E-state index in [0.29, 0.717) is 0 Å². The molecule has 1 aliphatic rings. The zero-order valence-electron chi connectivity index (χ0n) is 27.2. The van der Waals surface area contributed by atoms with Gasteiger partial charge in [0.15, 0.2) is 0 Å². The van der Waals surface area contributed by atoms with Crippen LogP contribution in [-0.4, -0.2) is 8.97 Å². The van der Waals surface area contributed by atoms with E-state index in [2.05, 4.69) is 179 Å². The summed E-state index contributed by atoms with van der Waals surface area (Å²) in [6.45, 7) is 0. The molecule has 11 rings (SSSR count). The second-order valence-corrected chi connectivity index (χ2v) is 14.4. The molecule has 0 N–H and O–H groups in total. The molecule has 0 atom stereocenters. The summed E-state index contributed by atoms with van der Waals surface area (Å²) >= 11 is 1.92. The fourth-order valence-corrected chi connectivity index (χ4v) is 9.55. The maximum atomic E-state index is 2.51. The molecular formula is C47H30N2S. The highest BCUT2D eigenvalue weighted by Gasteiger charge is 2.27. The Kier molecular flexibility index (Phi) is 5.98. The third-order valence-corrected chi connectivity index (χ3v) is 11.7. The van der Waals surface area contributed by atoms with Gasteiger partial charge >= 0.3 is 0 Å². The van der Waals surface area contributed by atoms with Crippen LogP contribution in [0.5, 0.6) is 0 Å². The zero-order chi connectivity index (χ0) is 32.8. The molecule has 4 aromatic heterocycles. The van der Waals surface area contributed by atoms with E-state index < -0.39 is 0 Å². The predicted molar refractivity (Wildman–Crippen MR) is 212 cm³/mol. The van der Waals surface area contributed by atoms with E-state index >= 15 is 0 Å². The molecule has 234 valence electrons. The van der Waals surface area contributed by atoms with Crippen molar-refractivity contribution in [3.05, 3.63) is 180 Å². The first-order valence-electron chi connectivity index (χ1n) is 17.2. The van der Waals surface area contributed by atoms with Gasteiger partial charge in [-0.25, -0.2) is 0 Å². The van der Waals surface area contributed by atoms with Gasteiger partial charge < -0.3 is 8.97 Å². The molecule has 0 radical (unpaired) electrons. The highest BCUT2D eigenvalue weighted by Crippen LogP contribution is 2.50. The average molecular weight is 655 g/mol. The van der Waals surface area contributed by atoms with Crippen molar-refractivity contribution in [2.75, 3.05) is 0 Å². The van der Waals surface area contributed by atoms with Crippen molar-refractivity contribution in [2.45, 2.75) is 16.2 Å². The van der Waals surface area contributed by atoms with Crippen molar-refractivity contribution >= 4 is 72.5 Å². The summed E-state index contributed by atoms with van der Waals surface area (Å²) in [7, 11) is 0. The molecule has 2 nitrogen and oxygen atoms in total. The van der Waals surface area contributed by atoms with Crippen LogP contribution in [-0.2, 0) is 6.42 Å². The van der Waals surface area contributed by atoms with Crippen molar-refractivity contribution in [2.24, 2.45) is 0 Å². The van der Waals surface area contributed by atoms with Gasteiger partial charge in [0.2, 0.25) is 0 Å². The number of hydrogen-bond acceptors (Lipinski definition) is 1. The molecule has 0 aliphatic carbocycles. The van der Waals surface area contributed by atoms with Crippen LogP contribution in [0, 0.1) is 0 Å². The van der Waals surface area contributed by atoms with E-state index in [9.17, 15) is 0 Å². The lowest BCUT2D eigenvalue weighted by molar-refractivity contribution is 1.18. The molecular weight excluding hydrogens is 625 g/mol. The Bertz CT molecular complexity index is 2960. The molecule has 3 heteroatoms. The Labute approximate surface area is 293 Å². The molecule has 1 aliphatic heterocycles. The molecule has 6 aromatic carbocycles. The van der Waals surface area contributed by atoms with Crippen LogP contribution in [0.3, 0.4) is 0 Å². The first-order chi connectivity index (χ1) is 24.8. The Hall–Kier alpha value is -6.03. The highest BCUT2D eigenvalue weighted by atomic mass is 32.2. The van der Waals surface area contributed by atoms with Gasteiger partial charge in [-0.2, -0.15) is 0 Å². The minimum atomic E-state index is 0.874. The maximum Gasteiger partial charge on any atom is 0.0628 e. The molecule has 0 unspecified atom stereocenters. The lowest BCUT2D eigenvalue weighted by Gasteiger charge is -2.10. The number of fused-ring (bicyclic) bond motifs is 10. The number of hydrogen-bond donors (Lipinski definition) is 0. The van der Waals surface area contributed by atoms with Crippen molar-refractivity contribution in [3.63, 3.8) is 0 Å². The van der Waals surface area contributed by atoms with Crippen LogP contribution < -0.4 is 0 Å². The molecule has 0 saturated heterocycles. The summed E-state index contributed by atoms with van der Waals surface area (Å²) in [5.74, 6) is 0. The fraction of sp³-hybridized carbons (Fsp3) is 0.0213. The minimum absolute atomic E-state index is 0.874. The second kappa shape index (κ2) is 10.7. The smallest absolute Gasteiger partial charge is 0.0628 e. The SMILES string of the molecule is C1=C(Cc2ccccc2)c2c(c3cccc4c5ccccc5c2n34)Sc2cc(-c3ccc4c(c3)c3ccccc3n4-c3ccccc3)ccc21. The van der Waals surface area contributed by atoms with Crippen molar-refractivity contribution in [1.82, 2.24) is 8.97 Å². The van der Waals surface area contributed by atoms with E-state index in [1.54, 1.807) is 0 Å². The number of benzene rings is 6. The summed E-state index contributed by atoms with van der Waals surface area (Å²) in [4.78, 5) is 2.63. The Morgan fingerprint density at radius 1 is 0.480 bits per heavy atom. The normalized spacial score (nSPS) is 12.9. The molecule has 10 aromatic rings. The van der Waals surface area contributed by atoms with Crippen LogP contribution in [0.15, 0.2) is 174 Å². The number of aromatic nitrogens is 2. The van der Waals surface area contributed by atoms with E-state index in [1.165, 1.54) is 98.0 Å². The lowest BCUT2D eigenvalue weighted by Crippen LogP contribution is -1.92. The summed E-state index contributed by atoms with van der Waals surface area (Å²) in [5, 5.41) is 5.18. The Morgan fingerprint density at radius 3 is 1.96 bits per heavy atom. The number of allylic oxidation sites excluding steroid dienone is 1. The van der Waals surface area contributed by atoms with E-state index in [0.717, 1.165) is 6.42 Å². The maximum absolute atomic E-state index is 2.51. The zero-order valence-corrected chi connectivity index (χ0v) is 28.0. The number of pyridine rings is 1. The number of nitrogens with zero attached hydrogens (tertiary/aromatic N) is 2. The fourth-order valence-electron chi connectivity index (χ4n) is 8.31. The van der Waals surface area contributed by atoms with Gasteiger partial charge in [-0.3, -0.25) is 0 Å². The molecule has 50 heavy (non-hydrogen) atoms. The van der Waals surface area contributed by atoms with Crippen LogP contribution in [0.1, 0.15) is 16.7 Å². The molecule has 0 saturated carbocycles. The minimum Gasteiger partial charge on any atom is -0.309 e. The van der Waals surface area contributed by atoms with Gasteiger partial charge in [0.05, 0.1) is 27.6 Å². The van der Waals surface area contributed by atoms with E-state index in [-0.39, 0.29) is 0 Å². The van der Waals surface area contributed by atoms with Gasteiger partial charge in [0.25, 0.3) is 0 Å². The van der Waals surface area contributed by atoms with Crippen molar-refractivity contribution in [1.29, 1.82) is 0 Å². The predicted octanol–water partition coefficient (Wildman–Crippen LogP) is 12.7. The van der Waals surface area contributed by atoms with E-state index in [1.807, 2.05) is 11.8 Å². The standard InChI is InChI=1S/C47H30N2S/c1-3-12-30(13-4-1)26-34-27-33-23-22-32(31-24-25-42-39(28-31)37-17-9-10-19-40(37)48(42)35-14-5-2-6-15-35)29-44(33)50-47-43-21-11-20-41-36-16-7-8-18-38(36)46(45(34)47)49(41)43/h1-25,27-29H,26H2. The summed E-state index contributed by atoms with van der Waals surface area (Å²) in [5.41, 5.74) is 15.3. The summed E-state index contributed by atoms with van der Waals surface area (Å²) in [6.07, 6.45) is 3.33. The van der Waals surface area contributed by atoms with Crippen LogP contribution in [0.25, 0.3) is 77.6 Å². The summed E-state index contributed by atoms with van der Waals surface area (Å²) < 4.78 is 4.89. The highest BCUT2D eigenvalue weighted by molar-refractivity contribution is 7.99. The molecule has 0 bridgehead atoms. The number of para-hydroxylation sites is 2. The van der Waals surface area contributed by atoms with Crippen LogP contribution in [0.2, 0.25) is 0 Å². The van der Waals surface area contributed by atoms with Gasteiger partial charge in [-0.05, 0) is 88.9 Å². The van der Waals surface area contributed by atoms with Gasteiger partial charge in [0.1, 0.15) is 0 Å². The first kappa shape index (κ1) is 27.9. The average Bonchev–Trinajstić information content (AvgIpc) is 3.76. The molecule has 0 amide bonds. The van der Waals surface area contributed by atoms with E-state index in [4.69, 9.17) is 0 Å². The second-order valence-electron chi connectivity index (χ2n) is 13.3. The molecule has 5 heterocycles. The number of rotatable bonds is 4. The van der Waals surface area contributed by atoms with Gasteiger partial charge in [-0.15, -0.1) is 0 Å². The van der Waals surface area contributed by atoms with Crippen molar-refractivity contribution in [3.8, 4) is 16.8 Å². The van der Waals surface area contributed by atoms with Crippen LogP contribution in [0.4, 0.5) is 0 Å². The van der Waals surface area contributed by atoms with Crippen molar-refractivity contribution < 1.29 is 0 Å². The Balaban J connectivity index is 1.11. The molecule has 0 spiro atoms. The monoisotopic (exact) mass is 654 g/mol. The Morgan fingerprint density at radius 2 is 1.12 bits per heavy atom.